The van der Waals surface area contributed by atoms with Gasteiger partial charge in [0.25, 0.3) is 0 Å². The fourth-order valence-electron chi connectivity index (χ4n) is 0.585. The third-order valence-corrected chi connectivity index (χ3v) is 1.37. The maximum absolute atomic E-state index is 8.99. The predicted molar refractivity (Wildman–Crippen MR) is 41.6 cm³/mol. The second-order valence-electron chi connectivity index (χ2n) is 2.28. The number of nitrogens with one attached hydrogen (secondary N) is 2. The molecule has 6 nitrogen and oxygen atoms in total. The number of hydrogen-bond donors (Lipinski definition) is 6. The molecule has 0 aromatic heterocycles. The van der Waals surface area contributed by atoms with Crippen LogP contribution < -0.4 is 0 Å². The number of aliphatic hydroxyl groups is 4. The first-order valence-electron chi connectivity index (χ1n) is 3.27. The second kappa shape index (κ2) is 4.94. The molecule has 0 aromatic carbocycles. The van der Waals surface area contributed by atoms with Crippen LogP contribution in [-0.4, -0.2) is 57.3 Å². The molecule has 0 amide bonds. The summed E-state index contributed by atoms with van der Waals surface area (Å²) in [6.45, 7) is -0.692. The number of rotatable bonds is 5. The van der Waals surface area contributed by atoms with Crippen LogP contribution in [0.15, 0.2) is 0 Å². The van der Waals surface area contributed by atoms with Gasteiger partial charge in [-0.25, -0.2) is 0 Å². The largest absolute Gasteiger partial charge is 0.390 e. The van der Waals surface area contributed by atoms with Gasteiger partial charge in [-0.05, 0) is 0 Å². The minimum Gasteiger partial charge on any atom is -0.390 e. The van der Waals surface area contributed by atoms with Gasteiger partial charge in [0, 0.05) is 6.21 Å². The minimum atomic E-state index is -1.64. The van der Waals surface area contributed by atoms with Crippen molar-refractivity contribution in [3.63, 3.8) is 0 Å². The number of aliphatic hydroxyl groups excluding tert-OH is 4. The van der Waals surface area contributed by atoms with Crippen molar-refractivity contribution in [1.82, 2.24) is 0 Å². The maximum Gasteiger partial charge on any atom is 0.122 e. The van der Waals surface area contributed by atoms with Gasteiger partial charge in [0.1, 0.15) is 18.3 Å². The zero-order valence-electron chi connectivity index (χ0n) is 6.31. The van der Waals surface area contributed by atoms with Crippen LogP contribution in [0.25, 0.3) is 0 Å². The summed E-state index contributed by atoms with van der Waals surface area (Å²) in [6, 6.07) is 0. The third-order valence-electron chi connectivity index (χ3n) is 1.37. The van der Waals surface area contributed by atoms with Gasteiger partial charge >= 0.3 is 0 Å². The van der Waals surface area contributed by atoms with Crippen LogP contribution in [-0.2, 0) is 0 Å². The molecular formula is C6H12N2O4. The molecule has 0 rings (SSSR count). The molecule has 0 aliphatic carbocycles. The Hall–Kier alpha value is -0.820. The van der Waals surface area contributed by atoms with Crippen molar-refractivity contribution in [1.29, 1.82) is 10.8 Å². The Balaban J connectivity index is 4.17. The molecule has 0 spiro atoms. The van der Waals surface area contributed by atoms with E-state index in [4.69, 9.17) is 31.2 Å². The lowest BCUT2D eigenvalue weighted by atomic mass is 10.1. The fourth-order valence-corrected chi connectivity index (χ4v) is 0.585. The van der Waals surface area contributed by atoms with Gasteiger partial charge in [-0.3, -0.25) is 0 Å². The molecule has 6 heteroatoms. The van der Waals surface area contributed by atoms with Gasteiger partial charge in [-0.1, -0.05) is 0 Å². The fraction of sp³-hybridized carbons (Fsp3) is 0.667. The van der Waals surface area contributed by atoms with Crippen molar-refractivity contribution in [3.05, 3.63) is 0 Å². The van der Waals surface area contributed by atoms with Crippen molar-refractivity contribution in [2.24, 2.45) is 0 Å². The Bertz CT molecular complexity index is 173. The van der Waals surface area contributed by atoms with Crippen LogP contribution in [0.3, 0.4) is 0 Å². The van der Waals surface area contributed by atoms with Crippen LogP contribution in [0.4, 0.5) is 0 Å². The minimum absolute atomic E-state index is 0.497. The molecule has 0 aliphatic rings. The zero-order valence-corrected chi connectivity index (χ0v) is 6.31. The summed E-state index contributed by atoms with van der Waals surface area (Å²) in [5.41, 5.74) is -0.497. The van der Waals surface area contributed by atoms with E-state index < -0.39 is 30.6 Å². The molecule has 0 saturated carbocycles. The van der Waals surface area contributed by atoms with E-state index in [9.17, 15) is 0 Å². The van der Waals surface area contributed by atoms with Crippen molar-refractivity contribution >= 4 is 11.9 Å². The van der Waals surface area contributed by atoms with Gasteiger partial charge in [0.2, 0.25) is 0 Å². The van der Waals surface area contributed by atoms with E-state index in [-0.39, 0.29) is 0 Å². The summed E-state index contributed by atoms with van der Waals surface area (Å²) in [7, 11) is 0. The lowest BCUT2D eigenvalue weighted by Gasteiger charge is -2.19. The van der Waals surface area contributed by atoms with Crippen molar-refractivity contribution in [3.8, 4) is 0 Å². The van der Waals surface area contributed by atoms with Crippen LogP contribution >= 0.6 is 0 Å². The molecule has 3 atom stereocenters. The first kappa shape index (κ1) is 11.2. The first-order valence-corrected chi connectivity index (χ1v) is 3.27. The number of hydrogen-bond acceptors (Lipinski definition) is 6. The molecule has 0 aromatic rings. The maximum atomic E-state index is 8.99. The van der Waals surface area contributed by atoms with Gasteiger partial charge < -0.3 is 31.2 Å². The average molecular weight is 176 g/mol. The van der Waals surface area contributed by atoms with E-state index in [1.54, 1.807) is 0 Å². The molecule has 0 saturated heterocycles. The van der Waals surface area contributed by atoms with E-state index in [0.717, 1.165) is 0 Å². The SMILES string of the molecule is N=CC(O)C(O)C(O)C(=N)CO. The predicted octanol–water partition coefficient (Wildman–Crippen LogP) is -2.27. The van der Waals surface area contributed by atoms with Crippen molar-refractivity contribution in [2.75, 3.05) is 6.61 Å². The summed E-state index contributed by atoms with van der Waals surface area (Å²) in [5, 5.41) is 48.6. The molecule has 6 N–H and O–H groups in total. The van der Waals surface area contributed by atoms with Gasteiger partial charge in [-0.2, -0.15) is 0 Å². The third kappa shape index (κ3) is 2.67. The van der Waals surface area contributed by atoms with Gasteiger partial charge in [-0.15, -0.1) is 0 Å². The summed E-state index contributed by atoms with van der Waals surface area (Å²) in [6.07, 6.45) is -4.25. The van der Waals surface area contributed by atoms with E-state index in [0.29, 0.717) is 6.21 Å². The molecule has 0 aliphatic heterocycles. The topological polar surface area (TPSA) is 129 Å². The highest BCUT2D eigenvalue weighted by Gasteiger charge is 2.25. The monoisotopic (exact) mass is 176 g/mol. The summed E-state index contributed by atoms with van der Waals surface area (Å²) in [4.78, 5) is 0. The summed E-state index contributed by atoms with van der Waals surface area (Å²) in [5.74, 6) is 0. The smallest absolute Gasteiger partial charge is 0.122 e. The van der Waals surface area contributed by atoms with E-state index in [1.807, 2.05) is 0 Å². The van der Waals surface area contributed by atoms with Crippen LogP contribution in [0.5, 0.6) is 0 Å². The van der Waals surface area contributed by atoms with Crippen LogP contribution in [0.2, 0.25) is 0 Å². The second-order valence-corrected chi connectivity index (χ2v) is 2.28. The highest BCUT2D eigenvalue weighted by atomic mass is 16.4. The molecule has 0 fully saturated rings. The Kier molecular flexibility index (Phi) is 4.60. The molecule has 0 radical (unpaired) electrons. The highest BCUT2D eigenvalue weighted by Crippen LogP contribution is 1.99. The van der Waals surface area contributed by atoms with Crippen molar-refractivity contribution in [2.45, 2.75) is 18.3 Å². The normalized spacial score (nSPS) is 18.0. The quantitative estimate of drug-likeness (QED) is 0.264. The summed E-state index contributed by atoms with van der Waals surface area (Å²) < 4.78 is 0. The Morgan fingerprint density at radius 2 is 1.83 bits per heavy atom. The molecule has 12 heavy (non-hydrogen) atoms. The van der Waals surface area contributed by atoms with E-state index >= 15 is 0 Å². The Labute approximate surface area is 69.1 Å². The molecule has 0 heterocycles. The van der Waals surface area contributed by atoms with Crippen LogP contribution in [0, 0.1) is 10.8 Å². The van der Waals surface area contributed by atoms with Crippen LogP contribution in [0.1, 0.15) is 0 Å². The molecule has 3 unspecified atom stereocenters. The van der Waals surface area contributed by atoms with Gasteiger partial charge in [0.15, 0.2) is 0 Å². The average Bonchev–Trinajstić information content (AvgIpc) is 2.12. The molecule has 70 valence electrons. The standard InChI is InChI=1S/C6H12N2O4/c7-1-4(10)6(12)5(11)3(8)2-9/h1,4-12H,2H2. The molecular weight excluding hydrogens is 164 g/mol. The van der Waals surface area contributed by atoms with Gasteiger partial charge in [0.05, 0.1) is 12.3 Å². The lowest BCUT2D eigenvalue weighted by molar-refractivity contribution is -0.00576. The molecule has 0 bridgehead atoms. The first-order chi connectivity index (χ1) is 5.54. The summed E-state index contributed by atoms with van der Waals surface area (Å²) >= 11 is 0. The van der Waals surface area contributed by atoms with Crippen molar-refractivity contribution < 1.29 is 20.4 Å². The van der Waals surface area contributed by atoms with E-state index in [1.165, 1.54) is 0 Å². The Morgan fingerprint density at radius 3 is 2.17 bits per heavy atom. The lowest BCUT2D eigenvalue weighted by Crippen LogP contribution is -2.43. The highest BCUT2D eigenvalue weighted by molar-refractivity contribution is 5.87. The van der Waals surface area contributed by atoms with E-state index in [2.05, 4.69) is 0 Å². The zero-order chi connectivity index (χ0) is 9.72. The Morgan fingerprint density at radius 1 is 1.33 bits per heavy atom.